The number of hydrogen-bond acceptors (Lipinski definition) is 4. The van der Waals surface area contributed by atoms with Gasteiger partial charge in [-0.2, -0.15) is 0 Å². The Morgan fingerprint density at radius 1 is 1.38 bits per heavy atom. The molecule has 0 spiro atoms. The van der Waals surface area contributed by atoms with Crippen molar-refractivity contribution in [3.63, 3.8) is 0 Å². The van der Waals surface area contributed by atoms with Gasteiger partial charge in [-0.05, 0) is 31.6 Å². The predicted octanol–water partition coefficient (Wildman–Crippen LogP) is 2.87. The predicted molar refractivity (Wildman–Crippen MR) is 90.4 cm³/mol. The van der Waals surface area contributed by atoms with Crippen LogP contribution in [0.5, 0.6) is 0 Å². The highest BCUT2D eigenvalue weighted by atomic mass is 35.5. The van der Waals surface area contributed by atoms with Crippen LogP contribution in [0.4, 0.5) is 0 Å². The first-order valence-corrected chi connectivity index (χ1v) is 7.97. The van der Waals surface area contributed by atoms with Crippen LogP contribution in [0.2, 0.25) is 0 Å². The minimum absolute atomic E-state index is 0. The number of carbonyl (C=O) groups excluding carboxylic acids is 1. The third-order valence-corrected chi connectivity index (χ3v) is 5.08. The molecule has 2 atom stereocenters. The van der Waals surface area contributed by atoms with Gasteiger partial charge in [-0.3, -0.25) is 4.79 Å². The highest BCUT2D eigenvalue weighted by molar-refractivity contribution is 7.09. The fraction of sp³-hybridized carbons (Fsp3) is 0.714. The molecular weight excluding hydrogens is 329 g/mol. The van der Waals surface area contributed by atoms with Gasteiger partial charge in [-0.1, -0.05) is 0 Å². The Bertz CT molecular complexity index is 431. The van der Waals surface area contributed by atoms with Crippen LogP contribution in [0.1, 0.15) is 37.1 Å². The van der Waals surface area contributed by atoms with Crippen LogP contribution in [-0.2, 0) is 11.3 Å². The largest absolute Gasteiger partial charge is 0.339 e. The number of amides is 1. The molecule has 120 valence electrons. The Kier molecular flexibility index (Phi) is 7.40. The Balaban J connectivity index is 0.00000110. The van der Waals surface area contributed by atoms with E-state index in [0.717, 1.165) is 5.01 Å². The van der Waals surface area contributed by atoms with Crippen molar-refractivity contribution in [3.05, 3.63) is 16.6 Å². The Hall–Kier alpha value is -0.360. The molecule has 3 heterocycles. The molecule has 2 aliphatic rings. The molecule has 2 bridgehead atoms. The van der Waals surface area contributed by atoms with Crippen molar-refractivity contribution < 1.29 is 4.79 Å². The van der Waals surface area contributed by atoms with Crippen molar-refractivity contribution in [2.75, 3.05) is 7.05 Å². The summed E-state index contributed by atoms with van der Waals surface area (Å²) in [4.78, 5) is 18.3. The zero-order valence-corrected chi connectivity index (χ0v) is 14.6. The molecule has 4 nitrogen and oxygen atoms in total. The summed E-state index contributed by atoms with van der Waals surface area (Å²) in [6.07, 6.45) is 7.44. The van der Waals surface area contributed by atoms with E-state index in [2.05, 4.69) is 10.3 Å². The fourth-order valence-electron chi connectivity index (χ4n) is 3.37. The van der Waals surface area contributed by atoms with E-state index in [1.54, 1.807) is 17.5 Å². The van der Waals surface area contributed by atoms with Gasteiger partial charge < -0.3 is 10.2 Å². The van der Waals surface area contributed by atoms with Crippen LogP contribution in [0.15, 0.2) is 11.6 Å². The number of nitrogens with one attached hydrogen (secondary N) is 1. The summed E-state index contributed by atoms with van der Waals surface area (Å²) >= 11 is 1.61. The SMILES string of the molecule is CN(Cc1nccs1)C(=O)CC1CC2CCC(C1)N2.Cl.Cl. The lowest BCUT2D eigenvalue weighted by Gasteiger charge is -2.29. The Morgan fingerprint density at radius 3 is 2.62 bits per heavy atom. The van der Waals surface area contributed by atoms with E-state index in [1.165, 1.54) is 25.7 Å². The van der Waals surface area contributed by atoms with Crippen LogP contribution >= 0.6 is 36.2 Å². The van der Waals surface area contributed by atoms with Crippen molar-refractivity contribution in [1.82, 2.24) is 15.2 Å². The number of aromatic nitrogens is 1. The summed E-state index contributed by atoms with van der Waals surface area (Å²) in [5.74, 6) is 0.839. The lowest BCUT2D eigenvalue weighted by Crippen LogP contribution is -2.39. The molecule has 2 saturated heterocycles. The molecule has 1 aromatic heterocycles. The maximum absolute atomic E-state index is 12.3. The molecule has 7 heteroatoms. The van der Waals surface area contributed by atoms with Gasteiger partial charge in [-0.15, -0.1) is 36.2 Å². The summed E-state index contributed by atoms with van der Waals surface area (Å²) in [5, 5.41) is 6.60. The van der Waals surface area contributed by atoms with E-state index in [0.29, 0.717) is 31.0 Å². The molecule has 1 aromatic rings. The molecule has 2 fully saturated rings. The molecule has 2 aliphatic heterocycles. The average Bonchev–Trinajstić information content (AvgIpc) is 2.99. The van der Waals surface area contributed by atoms with E-state index in [1.807, 2.05) is 17.3 Å². The van der Waals surface area contributed by atoms with Gasteiger partial charge in [0, 0.05) is 37.1 Å². The van der Waals surface area contributed by atoms with Gasteiger partial charge >= 0.3 is 0 Å². The summed E-state index contributed by atoms with van der Waals surface area (Å²) in [7, 11) is 1.89. The second-order valence-electron chi connectivity index (χ2n) is 5.86. The maximum Gasteiger partial charge on any atom is 0.222 e. The van der Waals surface area contributed by atoms with Crippen LogP contribution in [0.3, 0.4) is 0 Å². The Morgan fingerprint density at radius 2 is 2.05 bits per heavy atom. The standard InChI is InChI=1S/C14H21N3OS.2ClH/c1-17(9-13-15-4-5-19-13)14(18)8-10-6-11-2-3-12(7-10)16-11;;/h4-5,10-12,16H,2-3,6-9H2,1H3;2*1H. The van der Waals surface area contributed by atoms with Crippen molar-refractivity contribution in [2.24, 2.45) is 5.92 Å². The van der Waals surface area contributed by atoms with Gasteiger partial charge in [0.2, 0.25) is 5.91 Å². The maximum atomic E-state index is 12.3. The molecule has 0 radical (unpaired) electrons. The smallest absolute Gasteiger partial charge is 0.222 e. The molecule has 0 saturated carbocycles. The Labute approximate surface area is 142 Å². The third-order valence-electron chi connectivity index (χ3n) is 4.32. The minimum Gasteiger partial charge on any atom is -0.339 e. The lowest BCUT2D eigenvalue weighted by molar-refractivity contribution is -0.131. The van der Waals surface area contributed by atoms with Crippen LogP contribution in [-0.4, -0.2) is 34.9 Å². The van der Waals surface area contributed by atoms with Crippen LogP contribution < -0.4 is 5.32 Å². The molecule has 1 amide bonds. The number of carbonyl (C=O) groups is 1. The number of rotatable bonds is 4. The first-order chi connectivity index (χ1) is 9.20. The zero-order valence-electron chi connectivity index (χ0n) is 12.2. The van der Waals surface area contributed by atoms with E-state index in [9.17, 15) is 4.79 Å². The normalized spacial score (nSPS) is 26.6. The number of piperidine rings is 1. The molecular formula is C14H23Cl2N3OS. The molecule has 2 unspecified atom stereocenters. The highest BCUT2D eigenvalue weighted by Crippen LogP contribution is 2.32. The second-order valence-corrected chi connectivity index (χ2v) is 6.83. The van der Waals surface area contributed by atoms with Gasteiger partial charge in [0.1, 0.15) is 5.01 Å². The van der Waals surface area contributed by atoms with Crippen molar-refractivity contribution >= 4 is 42.1 Å². The monoisotopic (exact) mass is 351 g/mol. The van der Waals surface area contributed by atoms with E-state index >= 15 is 0 Å². The van der Waals surface area contributed by atoms with Crippen molar-refractivity contribution in [2.45, 2.75) is 50.7 Å². The first kappa shape index (κ1) is 18.7. The van der Waals surface area contributed by atoms with Gasteiger partial charge in [-0.25, -0.2) is 4.98 Å². The van der Waals surface area contributed by atoms with E-state index in [4.69, 9.17) is 0 Å². The molecule has 3 rings (SSSR count). The van der Waals surface area contributed by atoms with Gasteiger partial charge in [0.25, 0.3) is 0 Å². The fourth-order valence-corrected chi connectivity index (χ4v) is 4.04. The average molecular weight is 352 g/mol. The molecule has 1 N–H and O–H groups in total. The van der Waals surface area contributed by atoms with Gasteiger partial charge in [0.15, 0.2) is 0 Å². The molecule has 0 aromatic carbocycles. The highest BCUT2D eigenvalue weighted by Gasteiger charge is 2.34. The number of nitrogens with zero attached hydrogens (tertiary/aromatic N) is 2. The minimum atomic E-state index is 0. The topological polar surface area (TPSA) is 45.2 Å². The van der Waals surface area contributed by atoms with Gasteiger partial charge in [0.05, 0.1) is 6.54 Å². The van der Waals surface area contributed by atoms with Crippen molar-refractivity contribution in [1.29, 1.82) is 0 Å². The zero-order chi connectivity index (χ0) is 13.2. The summed E-state index contributed by atoms with van der Waals surface area (Å²) < 4.78 is 0. The summed E-state index contributed by atoms with van der Waals surface area (Å²) in [6, 6.07) is 1.33. The quantitative estimate of drug-likeness (QED) is 0.906. The van der Waals surface area contributed by atoms with Crippen LogP contribution in [0.25, 0.3) is 0 Å². The van der Waals surface area contributed by atoms with Crippen LogP contribution in [0, 0.1) is 5.92 Å². The first-order valence-electron chi connectivity index (χ1n) is 7.09. The summed E-state index contributed by atoms with van der Waals surface area (Å²) in [6.45, 7) is 0.647. The van der Waals surface area contributed by atoms with E-state index in [-0.39, 0.29) is 30.7 Å². The molecule has 0 aliphatic carbocycles. The number of thiazole rings is 1. The molecule has 21 heavy (non-hydrogen) atoms. The number of hydrogen-bond donors (Lipinski definition) is 1. The van der Waals surface area contributed by atoms with Crippen molar-refractivity contribution in [3.8, 4) is 0 Å². The third kappa shape index (κ3) is 4.81. The summed E-state index contributed by atoms with van der Waals surface area (Å²) in [5.41, 5.74) is 0. The van der Waals surface area contributed by atoms with E-state index < -0.39 is 0 Å². The lowest BCUT2D eigenvalue weighted by atomic mass is 9.89. The second kappa shape index (κ2) is 8.32. The number of fused-ring (bicyclic) bond motifs is 2. The number of halogens is 2.